The van der Waals surface area contributed by atoms with Gasteiger partial charge >= 0.3 is 5.97 Å². The van der Waals surface area contributed by atoms with E-state index in [4.69, 9.17) is 9.15 Å². The van der Waals surface area contributed by atoms with Gasteiger partial charge in [0.25, 0.3) is 0 Å². The molecule has 5 heteroatoms. The fraction of sp³-hybridized carbons (Fsp3) is 0.714. The van der Waals surface area contributed by atoms with Crippen molar-refractivity contribution in [3.63, 3.8) is 0 Å². The summed E-state index contributed by atoms with van der Waals surface area (Å²) in [4.78, 5) is 26.1. The molecule has 0 radical (unpaired) electrons. The van der Waals surface area contributed by atoms with Gasteiger partial charge in [-0.15, -0.1) is 0 Å². The largest absolute Gasteiger partial charge is 0.469 e. The van der Waals surface area contributed by atoms with E-state index < -0.39 is 11.0 Å². The van der Waals surface area contributed by atoms with Crippen molar-refractivity contribution >= 4 is 11.8 Å². The second kappa shape index (κ2) is 4.61. The van der Waals surface area contributed by atoms with Crippen LogP contribution in [0.4, 0.5) is 0 Å². The van der Waals surface area contributed by atoms with E-state index in [1.807, 2.05) is 0 Å². The minimum atomic E-state index is -0.723. The Labute approximate surface area is 153 Å². The lowest BCUT2D eigenvalue weighted by atomic mass is 9.42. The average molecular weight is 358 g/mol. The number of fused-ring (bicyclic) bond motifs is 7. The van der Waals surface area contributed by atoms with E-state index in [9.17, 15) is 14.7 Å². The molecule has 26 heavy (non-hydrogen) atoms. The number of esters is 1. The number of aliphatic hydroxyl groups is 1. The summed E-state index contributed by atoms with van der Waals surface area (Å²) in [5.41, 5.74) is -1.31. The third-order valence-electron chi connectivity index (χ3n) is 8.72. The van der Waals surface area contributed by atoms with Crippen LogP contribution in [0.5, 0.6) is 0 Å². The third-order valence-corrected chi connectivity index (χ3v) is 8.72. The first-order valence-electron chi connectivity index (χ1n) is 9.65. The van der Waals surface area contributed by atoms with Crippen molar-refractivity contribution in [1.29, 1.82) is 0 Å². The fourth-order valence-electron chi connectivity index (χ4n) is 7.24. The van der Waals surface area contributed by atoms with E-state index >= 15 is 0 Å². The van der Waals surface area contributed by atoms with Crippen LogP contribution in [0.2, 0.25) is 0 Å². The smallest absolute Gasteiger partial charge is 0.312 e. The van der Waals surface area contributed by atoms with Crippen LogP contribution in [0.1, 0.15) is 68.5 Å². The van der Waals surface area contributed by atoms with Crippen molar-refractivity contribution in [2.45, 2.75) is 63.4 Å². The highest BCUT2D eigenvalue weighted by molar-refractivity contribution is 5.99. The Morgan fingerprint density at radius 1 is 1.27 bits per heavy atom. The lowest BCUT2D eigenvalue weighted by Gasteiger charge is -2.60. The van der Waals surface area contributed by atoms with Gasteiger partial charge in [-0.3, -0.25) is 9.59 Å². The molecule has 140 valence electrons. The predicted molar refractivity (Wildman–Crippen MR) is 92.6 cm³/mol. The maximum Gasteiger partial charge on any atom is 0.312 e. The van der Waals surface area contributed by atoms with Gasteiger partial charge in [0.2, 0.25) is 0 Å². The Balaban J connectivity index is 1.70. The van der Waals surface area contributed by atoms with Crippen molar-refractivity contribution in [3.05, 3.63) is 23.7 Å². The van der Waals surface area contributed by atoms with Crippen molar-refractivity contribution in [3.8, 4) is 0 Å². The second-order valence-electron chi connectivity index (χ2n) is 9.51. The third kappa shape index (κ3) is 1.58. The fourth-order valence-corrected chi connectivity index (χ4v) is 7.24. The van der Waals surface area contributed by atoms with E-state index in [1.165, 1.54) is 7.11 Å². The monoisotopic (exact) mass is 358 g/mol. The van der Waals surface area contributed by atoms with Crippen LogP contribution >= 0.6 is 0 Å². The van der Waals surface area contributed by atoms with Gasteiger partial charge in [-0.1, -0.05) is 13.8 Å². The first kappa shape index (κ1) is 16.5. The summed E-state index contributed by atoms with van der Waals surface area (Å²) >= 11 is 0. The lowest BCUT2D eigenvalue weighted by molar-refractivity contribution is -0.186. The molecule has 3 fully saturated rings. The van der Waals surface area contributed by atoms with Crippen LogP contribution in [0.25, 0.3) is 0 Å². The van der Waals surface area contributed by atoms with Crippen LogP contribution in [-0.2, 0) is 14.9 Å². The molecule has 1 N–H and O–H groups in total. The number of furan rings is 1. The SMILES string of the molecule is COC(=O)[C@]12CC[C@@]3(O)C[C@@]3(C)[C@@H]1CC[C@@]1(C)c3occc3C(=O)C[C@H]21. The van der Waals surface area contributed by atoms with Gasteiger partial charge in [0.15, 0.2) is 5.78 Å². The van der Waals surface area contributed by atoms with Crippen LogP contribution in [-0.4, -0.2) is 29.6 Å². The van der Waals surface area contributed by atoms with Gasteiger partial charge in [0, 0.05) is 17.3 Å². The zero-order chi connectivity index (χ0) is 18.5. The van der Waals surface area contributed by atoms with Gasteiger partial charge in [0.1, 0.15) is 5.76 Å². The Morgan fingerprint density at radius 2 is 2.04 bits per heavy atom. The highest BCUT2D eigenvalue weighted by Gasteiger charge is 2.79. The number of ether oxygens (including phenoxy) is 1. The Bertz CT molecular complexity index is 826. The normalized spacial score (nSPS) is 48.7. The summed E-state index contributed by atoms with van der Waals surface area (Å²) in [6.45, 7) is 4.25. The molecular formula is C21H26O5. The van der Waals surface area contributed by atoms with Gasteiger partial charge in [-0.2, -0.15) is 0 Å². The molecule has 0 saturated heterocycles. The van der Waals surface area contributed by atoms with E-state index in [0.717, 1.165) is 25.0 Å². The second-order valence-corrected chi connectivity index (χ2v) is 9.51. The molecule has 0 bridgehead atoms. The van der Waals surface area contributed by atoms with Crippen molar-refractivity contribution in [2.75, 3.05) is 7.11 Å². The first-order chi connectivity index (χ1) is 12.2. The summed E-state index contributed by atoms with van der Waals surface area (Å²) in [7, 11) is 1.44. The highest BCUT2D eigenvalue weighted by Crippen LogP contribution is 2.77. The molecule has 4 aliphatic rings. The summed E-state index contributed by atoms with van der Waals surface area (Å²) in [6, 6.07) is 1.76. The van der Waals surface area contributed by atoms with Gasteiger partial charge in [0.05, 0.1) is 30.0 Å². The summed E-state index contributed by atoms with van der Waals surface area (Å²) in [5.74, 6) is 0.485. The number of ketones is 1. The van der Waals surface area contributed by atoms with Crippen molar-refractivity contribution in [2.24, 2.45) is 22.7 Å². The topological polar surface area (TPSA) is 76.7 Å². The van der Waals surface area contributed by atoms with Gasteiger partial charge in [-0.05, 0) is 50.0 Å². The molecule has 5 nitrogen and oxygen atoms in total. The molecule has 6 atom stereocenters. The minimum Gasteiger partial charge on any atom is -0.469 e. The molecule has 5 rings (SSSR count). The molecular weight excluding hydrogens is 332 g/mol. The summed E-state index contributed by atoms with van der Waals surface area (Å²) < 4.78 is 11.1. The quantitative estimate of drug-likeness (QED) is 0.780. The van der Waals surface area contributed by atoms with E-state index in [-0.39, 0.29) is 34.4 Å². The molecule has 4 aliphatic carbocycles. The van der Waals surface area contributed by atoms with Crippen LogP contribution < -0.4 is 0 Å². The molecule has 3 saturated carbocycles. The van der Waals surface area contributed by atoms with E-state index in [1.54, 1.807) is 12.3 Å². The van der Waals surface area contributed by atoms with Crippen molar-refractivity contribution < 1.29 is 23.8 Å². The van der Waals surface area contributed by atoms with E-state index in [2.05, 4.69) is 13.8 Å². The van der Waals surface area contributed by atoms with Crippen LogP contribution in [0, 0.1) is 22.7 Å². The Kier molecular flexibility index (Phi) is 2.94. The van der Waals surface area contributed by atoms with Crippen LogP contribution in [0.3, 0.4) is 0 Å². The predicted octanol–water partition coefficient (Wildman–Crippen LogP) is 3.24. The summed E-state index contributed by atoms with van der Waals surface area (Å²) in [6.07, 6.45) is 5.57. The molecule has 1 aromatic heterocycles. The van der Waals surface area contributed by atoms with E-state index in [0.29, 0.717) is 24.8 Å². The number of rotatable bonds is 1. The number of methoxy groups -OCH3 is 1. The first-order valence-corrected chi connectivity index (χ1v) is 9.65. The number of hydrogen-bond acceptors (Lipinski definition) is 5. The standard InChI is InChI=1S/C21H26O5/c1-18-6-4-14-19(2)11-20(19,24)7-8-21(14,17(23)25-3)15(18)10-13(22)12-5-9-26-16(12)18/h5,9,14-15,24H,4,6-8,10-11H2,1-3H3/t14-,15-,18+,19-,20+,21+/m0/s1. The molecule has 0 amide bonds. The number of carbonyl (C=O) groups excluding carboxylic acids is 2. The molecule has 0 unspecified atom stereocenters. The summed E-state index contributed by atoms with van der Waals surface area (Å²) in [5, 5.41) is 10.9. The minimum absolute atomic E-state index is 0.0450. The molecule has 1 heterocycles. The van der Waals surface area contributed by atoms with Gasteiger partial charge in [-0.25, -0.2) is 0 Å². The average Bonchev–Trinajstić information content (AvgIpc) is 2.98. The zero-order valence-electron chi connectivity index (χ0n) is 15.6. The zero-order valence-corrected chi connectivity index (χ0v) is 15.6. The van der Waals surface area contributed by atoms with Gasteiger partial charge < -0.3 is 14.3 Å². The number of carbonyl (C=O) groups is 2. The molecule has 0 spiro atoms. The molecule has 1 aromatic rings. The van der Waals surface area contributed by atoms with Crippen LogP contribution in [0.15, 0.2) is 16.7 Å². The highest BCUT2D eigenvalue weighted by atomic mass is 16.5. The maximum atomic E-state index is 13.2. The Morgan fingerprint density at radius 3 is 2.77 bits per heavy atom. The maximum absolute atomic E-state index is 13.2. The molecule has 0 aliphatic heterocycles. The van der Waals surface area contributed by atoms with Crippen molar-refractivity contribution in [1.82, 2.24) is 0 Å². The Hall–Kier alpha value is -1.62. The lowest BCUT2D eigenvalue weighted by Crippen LogP contribution is -2.62. The molecule has 0 aromatic carbocycles. The number of hydrogen-bond donors (Lipinski definition) is 1. The number of Topliss-reactive ketones (excluding diaryl/α,β-unsaturated/α-hetero) is 1.